The first-order chi connectivity index (χ1) is 58.4. The van der Waals surface area contributed by atoms with Crippen molar-refractivity contribution in [3.63, 3.8) is 0 Å². The molecule has 17 aromatic carbocycles. The molecule has 118 heavy (non-hydrogen) atoms. The molecule has 0 radical (unpaired) electrons. The molecule has 0 aliphatic rings. The minimum Gasteiger partial charge on any atom is -0.307 e. The fraction of sp³-hybridized carbons (Fsp3) is 0. The number of rotatable bonds is 5. The summed E-state index contributed by atoms with van der Waals surface area (Å²) in [5.41, 5.74) is 12.8. The Morgan fingerprint density at radius 3 is 0.924 bits per heavy atom. The maximum absolute atomic E-state index is 5.41. The van der Waals surface area contributed by atoms with Crippen LogP contribution >= 0.6 is 0 Å². The third-order valence-electron chi connectivity index (χ3n) is 23.7. The minimum atomic E-state index is 0.539. The van der Waals surface area contributed by atoms with Crippen LogP contribution in [0.4, 0.5) is 0 Å². The van der Waals surface area contributed by atoms with Gasteiger partial charge in [-0.1, -0.05) is 340 Å². The van der Waals surface area contributed by atoms with Gasteiger partial charge in [-0.15, -0.1) is 0 Å². The molecule has 14 heterocycles. The van der Waals surface area contributed by atoms with Crippen molar-refractivity contribution in [3.05, 3.63) is 419 Å². The summed E-state index contributed by atoms with van der Waals surface area (Å²) >= 11 is 0. The highest BCUT2D eigenvalue weighted by Crippen LogP contribution is 2.44. The summed E-state index contributed by atoms with van der Waals surface area (Å²) in [5, 5.41) is 29.2. The number of hydrogen-bond acceptors (Lipinski definition) is 5. The van der Waals surface area contributed by atoms with Gasteiger partial charge in [0.15, 0.2) is 11.6 Å². The fourth-order valence-corrected chi connectivity index (χ4v) is 17.6. The lowest BCUT2D eigenvalue weighted by Gasteiger charge is -2.13. The Bertz CT molecular complexity index is 8330. The zero-order chi connectivity index (χ0) is 77.7. The van der Waals surface area contributed by atoms with Gasteiger partial charge in [0.05, 0.1) is 44.1 Å². The summed E-state index contributed by atoms with van der Waals surface area (Å²) in [6.07, 6.45) is 0. The van der Waals surface area contributed by atoms with E-state index >= 15 is 0 Å². The van der Waals surface area contributed by atoms with Crippen molar-refractivity contribution >= 4 is 184 Å². The van der Waals surface area contributed by atoms with E-state index in [1.54, 1.807) is 0 Å². The Hall–Kier alpha value is -15.8. The largest absolute Gasteiger partial charge is 0.307 e. The molecule has 0 fully saturated rings. The number of benzene rings is 17. The van der Waals surface area contributed by atoms with Crippen LogP contribution < -0.4 is 0 Å². The van der Waals surface area contributed by atoms with Crippen LogP contribution in [0, 0.1) is 0 Å². The molecule has 0 aliphatic carbocycles. The van der Waals surface area contributed by atoms with E-state index in [-0.39, 0.29) is 0 Å². The van der Waals surface area contributed by atoms with Crippen LogP contribution in [0.5, 0.6) is 0 Å². The van der Waals surface area contributed by atoms with Gasteiger partial charge in [0, 0.05) is 59.9 Å². The molecule has 0 atom stereocenters. The Balaban J connectivity index is 0.711. The predicted molar refractivity (Wildman–Crippen MR) is 498 cm³/mol. The van der Waals surface area contributed by atoms with Crippen molar-refractivity contribution < 1.29 is 0 Å². The van der Waals surface area contributed by atoms with Crippen molar-refractivity contribution in [1.82, 2.24) is 34.1 Å². The van der Waals surface area contributed by atoms with Crippen LogP contribution in [-0.2, 0) is 0 Å². The SMILES string of the molecule is c1ccc(-c2nc(-c3ccccc3)nc(-n3c4ccccc4c4ccc5c6cc(-c7cc8cc(c7)c7cccc(c7)c7ccc(cc7)c7cccc(c7)c7ccc(cc7)c7ccc(cc7)c7ccc9ccc%10ccc(nc%10c9n7)c7ccc(cc7)c7ccc(cc7)c7ccc(cc7)c7cccc8c7)ccc6n(-c6ccccc6)c5c43)n2)cc1. The van der Waals surface area contributed by atoms with Crippen LogP contribution in [-0.4, -0.2) is 34.1 Å². The first-order valence-corrected chi connectivity index (χ1v) is 40.1. The summed E-state index contributed by atoms with van der Waals surface area (Å²) in [6.45, 7) is 0. The lowest BCUT2D eigenvalue weighted by Crippen LogP contribution is -2.07. The van der Waals surface area contributed by atoms with Crippen LogP contribution in [0.15, 0.2) is 419 Å². The second-order valence-electron chi connectivity index (χ2n) is 30.7. The minimum absolute atomic E-state index is 0.539. The van der Waals surface area contributed by atoms with Gasteiger partial charge < -0.3 is 4.57 Å². The summed E-state index contributed by atoms with van der Waals surface area (Å²) in [4.78, 5) is 26.6. The molecular weight excluding hydrogens is 1430 g/mol. The molecule has 0 N–H and O–H groups in total. The van der Waals surface area contributed by atoms with Crippen molar-refractivity contribution in [2.24, 2.45) is 0 Å². The van der Waals surface area contributed by atoms with Crippen molar-refractivity contribution in [2.45, 2.75) is 0 Å². The topological polar surface area (TPSA) is 74.3 Å². The molecule has 0 aliphatic heterocycles. The molecule has 0 amide bonds. The van der Waals surface area contributed by atoms with E-state index in [1.807, 2.05) is 36.4 Å². The highest BCUT2D eigenvalue weighted by Gasteiger charge is 2.25. The molecule has 0 spiro atoms. The van der Waals surface area contributed by atoms with E-state index in [9.17, 15) is 0 Å². The van der Waals surface area contributed by atoms with Gasteiger partial charge in [0.1, 0.15) is 0 Å². The lowest BCUT2D eigenvalue weighted by molar-refractivity contribution is 0.953. The van der Waals surface area contributed by atoms with Gasteiger partial charge in [-0.2, -0.15) is 9.97 Å². The lowest BCUT2D eigenvalue weighted by atomic mass is 9.97. The molecule has 7 heteroatoms. The Morgan fingerprint density at radius 1 is 0.161 bits per heavy atom. The first-order valence-electron chi connectivity index (χ1n) is 40.1. The van der Waals surface area contributed by atoms with Gasteiger partial charge in [0.25, 0.3) is 0 Å². The number of fused-ring (bicyclic) bond motifs is 9. The van der Waals surface area contributed by atoms with Gasteiger partial charge in [-0.05, 0) is 187 Å². The van der Waals surface area contributed by atoms with E-state index in [0.717, 1.165) is 212 Å². The van der Waals surface area contributed by atoms with Crippen LogP contribution in [0.1, 0.15) is 0 Å². The normalized spacial score (nSPS) is 11.7. The molecule has 14 aromatic heterocycles. The molecule has 0 saturated heterocycles. The highest BCUT2D eigenvalue weighted by atomic mass is 15.2. The molecule has 548 valence electrons. The fourth-order valence-electron chi connectivity index (χ4n) is 17.6. The van der Waals surface area contributed by atoms with E-state index < -0.39 is 0 Å². The molecule has 7 nitrogen and oxygen atoms in total. The average Bonchev–Trinajstić information content (AvgIpc) is 1.54. The zero-order valence-corrected chi connectivity index (χ0v) is 64.0. The maximum Gasteiger partial charge on any atom is 0.238 e. The van der Waals surface area contributed by atoms with Crippen molar-refractivity contribution in [3.8, 4) is 45.5 Å². The van der Waals surface area contributed by atoms with Crippen LogP contribution in [0.3, 0.4) is 0 Å². The number of hydrogen-bond donors (Lipinski definition) is 0. The van der Waals surface area contributed by atoms with Crippen LogP contribution in [0.25, 0.3) is 230 Å². The number of aromatic nitrogens is 7. The summed E-state index contributed by atoms with van der Waals surface area (Å²) in [6, 6.07) is 152. The summed E-state index contributed by atoms with van der Waals surface area (Å²) in [5.74, 6) is 1.74. The Morgan fingerprint density at radius 2 is 0.492 bits per heavy atom. The van der Waals surface area contributed by atoms with Gasteiger partial charge in [0.2, 0.25) is 5.95 Å². The summed E-state index contributed by atoms with van der Waals surface area (Å²) < 4.78 is 4.71. The first kappa shape index (κ1) is 67.8. The second-order valence-corrected chi connectivity index (χ2v) is 30.7. The number of para-hydroxylation sites is 2. The predicted octanol–water partition coefficient (Wildman–Crippen LogP) is 29.3. The third-order valence-corrected chi connectivity index (χ3v) is 23.7. The molecule has 0 saturated carbocycles. The number of nitrogens with zero attached hydrogens (tertiary/aromatic N) is 7. The molecule has 24 bridgehead atoms. The summed E-state index contributed by atoms with van der Waals surface area (Å²) in [7, 11) is 0. The molecular formula is C111H69N7. The highest BCUT2D eigenvalue weighted by molar-refractivity contribution is 6.24. The van der Waals surface area contributed by atoms with Gasteiger partial charge in [-0.3, -0.25) is 4.57 Å². The maximum atomic E-state index is 5.41. The van der Waals surface area contributed by atoms with E-state index in [0.29, 0.717) is 17.6 Å². The number of pyridine rings is 2. The van der Waals surface area contributed by atoms with Crippen molar-refractivity contribution in [1.29, 1.82) is 0 Å². The van der Waals surface area contributed by atoms with Gasteiger partial charge in [-0.25, -0.2) is 15.0 Å². The zero-order valence-electron chi connectivity index (χ0n) is 64.0. The molecule has 31 aromatic rings. The van der Waals surface area contributed by atoms with Crippen LogP contribution in [0.2, 0.25) is 0 Å². The van der Waals surface area contributed by atoms with E-state index in [4.69, 9.17) is 24.9 Å². The standard InChI is InChI=1S/C111H69N7/c1-4-15-84(16-5-1)109-114-110(85-17-6-2-7-18-85)116-111(115-109)118-103-28-11-10-27-97(103)98-58-59-99-100-69-92(57-62-104(100)117(107(99)108(98)118)96-25-8-3-9-26-96)95-67-93-66-94(68-95)91-24-14-22-89(65-91)79-43-41-78(42-44-79)87-20-12-19-86(63-87)76-37-35-73(36-38-76)75-47-51-81(52-48-75)102-61-56-83-54-53-82-55-60-101(112-105(82)106(83)113-102)80-49-45-74(46-50-80)71-31-29-70(30-32-71)72-33-39-77(40-34-72)88-21-13-23-90(93)64-88/h1-69H. The second kappa shape index (κ2) is 28.1. The monoisotopic (exact) mass is 1500 g/mol. The van der Waals surface area contributed by atoms with E-state index in [2.05, 4.69) is 391 Å². The Labute approximate surface area is 677 Å². The quantitative estimate of drug-likeness (QED) is 0.161. The van der Waals surface area contributed by atoms with Gasteiger partial charge >= 0.3 is 0 Å². The average molecular weight is 1500 g/mol. The Kier molecular flexibility index (Phi) is 16.1. The molecule has 31 rings (SSSR count). The smallest absolute Gasteiger partial charge is 0.238 e. The van der Waals surface area contributed by atoms with Crippen molar-refractivity contribution in [2.75, 3.05) is 0 Å². The van der Waals surface area contributed by atoms with E-state index in [1.165, 1.54) is 0 Å². The third kappa shape index (κ3) is 12.0. The molecule has 0 unspecified atom stereocenters.